The van der Waals surface area contributed by atoms with Crippen molar-refractivity contribution in [2.75, 3.05) is 32.8 Å². The Morgan fingerprint density at radius 2 is 1.87 bits per heavy atom. The average molecular weight is 214 g/mol. The van der Waals surface area contributed by atoms with Crippen molar-refractivity contribution in [3.8, 4) is 0 Å². The van der Waals surface area contributed by atoms with E-state index in [-0.39, 0.29) is 12.6 Å². The zero-order valence-electron chi connectivity index (χ0n) is 10.0. The highest BCUT2D eigenvalue weighted by Crippen LogP contribution is 2.09. The van der Waals surface area contributed by atoms with Crippen molar-refractivity contribution in [3.63, 3.8) is 0 Å². The zero-order chi connectivity index (χ0) is 10.9. The Labute approximate surface area is 93.9 Å². The fourth-order valence-corrected chi connectivity index (χ4v) is 2.17. The van der Waals surface area contributed by atoms with Gasteiger partial charge in [-0.25, -0.2) is 0 Å². The summed E-state index contributed by atoms with van der Waals surface area (Å²) in [7, 11) is 0. The molecule has 0 aromatic carbocycles. The van der Waals surface area contributed by atoms with Crippen LogP contribution in [0.1, 0.15) is 39.0 Å². The topological polar surface area (TPSA) is 35.5 Å². The highest BCUT2D eigenvalue weighted by molar-refractivity contribution is 4.72. The van der Waals surface area contributed by atoms with Gasteiger partial charge in [-0.15, -0.1) is 0 Å². The molecule has 1 aliphatic heterocycles. The van der Waals surface area contributed by atoms with E-state index in [1.54, 1.807) is 0 Å². The molecule has 1 unspecified atom stereocenters. The first-order chi connectivity index (χ1) is 7.36. The first kappa shape index (κ1) is 12.9. The van der Waals surface area contributed by atoms with E-state index in [1.807, 2.05) is 0 Å². The Balaban J connectivity index is 2.22. The van der Waals surface area contributed by atoms with Crippen LogP contribution in [0.5, 0.6) is 0 Å². The molecular formula is C12H26N2O. The van der Waals surface area contributed by atoms with Gasteiger partial charge < -0.3 is 15.3 Å². The van der Waals surface area contributed by atoms with E-state index >= 15 is 0 Å². The van der Waals surface area contributed by atoms with Crippen molar-refractivity contribution in [3.05, 3.63) is 0 Å². The lowest BCUT2D eigenvalue weighted by Gasteiger charge is -2.25. The SMILES string of the molecule is CCCNC(CO)CN1CCCCCC1. The van der Waals surface area contributed by atoms with E-state index in [0.717, 1.165) is 19.5 Å². The minimum atomic E-state index is 0.260. The average Bonchev–Trinajstić information content (AvgIpc) is 2.52. The minimum absolute atomic E-state index is 0.260. The number of hydrogen-bond acceptors (Lipinski definition) is 3. The molecule has 0 spiro atoms. The summed E-state index contributed by atoms with van der Waals surface area (Å²) >= 11 is 0. The van der Waals surface area contributed by atoms with Crippen LogP contribution in [0.15, 0.2) is 0 Å². The fourth-order valence-electron chi connectivity index (χ4n) is 2.17. The quantitative estimate of drug-likeness (QED) is 0.698. The Hall–Kier alpha value is -0.120. The van der Waals surface area contributed by atoms with E-state index in [2.05, 4.69) is 17.1 Å². The lowest BCUT2D eigenvalue weighted by Crippen LogP contribution is -2.44. The van der Waals surface area contributed by atoms with Crippen LogP contribution in [0.4, 0.5) is 0 Å². The van der Waals surface area contributed by atoms with Gasteiger partial charge in [-0.3, -0.25) is 0 Å². The third-order valence-corrected chi connectivity index (χ3v) is 3.08. The summed E-state index contributed by atoms with van der Waals surface area (Å²) in [6.07, 6.45) is 6.54. The summed E-state index contributed by atoms with van der Waals surface area (Å²) in [5, 5.41) is 12.7. The van der Waals surface area contributed by atoms with Gasteiger partial charge in [0.05, 0.1) is 6.61 Å². The van der Waals surface area contributed by atoms with Crippen LogP contribution in [-0.4, -0.2) is 48.8 Å². The molecule has 0 bridgehead atoms. The van der Waals surface area contributed by atoms with Crippen LogP contribution in [0.3, 0.4) is 0 Å². The molecule has 1 saturated heterocycles. The maximum absolute atomic E-state index is 9.26. The summed E-state index contributed by atoms with van der Waals surface area (Å²) < 4.78 is 0. The van der Waals surface area contributed by atoms with Crippen molar-refractivity contribution < 1.29 is 5.11 Å². The van der Waals surface area contributed by atoms with Crippen molar-refractivity contribution in [1.82, 2.24) is 10.2 Å². The standard InChI is InChI=1S/C12H26N2O/c1-2-7-13-12(11-15)10-14-8-5-3-4-6-9-14/h12-13,15H,2-11H2,1H3. The van der Waals surface area contributed by atoms with Gasteiger partial charge in [-0.2, -0.15) is 0 Å². The number of aliphatic hydroxyl groups excluding tert-OH is 1. The maximum Gasteiger partial charge on any atom is 0.0597 e. The summed E-state index contributed by atoms with van der Waals surface area (Å²) in [6, 6.07) is 0.267. The third-order valence-electron chi connectivity index (χ3n) is 3.08. The lowest BCUT2D eigenvalue weighted by atomic mass is 10.2. The van der Waals surface area contributed by atoms with E-state index in [9.17, 15) is 5.11 Å². The van der Waals surface area contributed by atoms with Gasteiger partial charge in [0.25, 0.3) is 0 Å². The number of aliphatic hydroxyl groups is 1. The molecule has 3 nitrogen and oxygen atoms in total. The van der Waals surface area contributed by atoms with E-state index in [4.69, 9.17) is 0 Å². The Kier molecular flexibility index (Phi) is 6.98. The summed E-state index contributed by atoms with van der Waals surface area (Å²) in [6.45, 7) is 6.87. The molecule has 3 heteroatoms. The first-order valence-corrected chi connectivity index (χ1v) is 6.43. The van der Waals surface area contributed by atoms with Crippen molar-refractivity contribution >= 4 is 0 Å². The van der Waals surface area contributed by atoms with Gasteiger partial charge in [-0.1, -0.05) is 19.8 Å². The molecule has 1 fully saturated rings. The lowest BCUT2D eigenvalue weighted by molar-refractivity contribution is 0.184. The van der Waals surface area contributed by atoms with Crippen molar-refractivity contribution in [1.29, 1.82) is 0 Å². The fraction of sp³-hybridized carbons (Fsp3) is 1.00. The van der Waals surface area contributed by atoms with Gasteiger partial charge in [0, 0.05) is 12.6 Å². The monoisotopic (exact) mass is 214 g/mol. The molecule has 0 saturated carbocycles. The highest BCUT2D eigenvalue weighted by Gasteiger charge is 2.14. The second kappa shape index (κ2) is 8.08. The third kappa shape index (κ3) is 5.50. The Morgan fingerprint density at radius 1 is 1.20 bits per heavy atom. The van der Waals surface area contributed by atoms with Crippen LogP contribution in [0.25, 0.3) is 0 Å². The number of likely N-dealkylation sites (tertiary alicyclic amines) is 1. The maximum atomic E-state index is 9.26. The zero-order valence-corrected chi connectivity index (χ0v) is 10.0. The van der Waals surface area contributed by atoms with Crippen LogP contribution in [0.2, 0.25) is 0 Å². The molecule has 1 rings (SSSR count). The second-order valence-corrected chi connectivity index (χ2v) is 4.55. The van der Waals surface area contributed by atoms with Gasteiger partial charge in [0.2, 0.25) is 0 Å². The predicted octanol–water partition coefficient (Wildman–Crippen LogP) is 1.22. The summed E-state index contributed by atoms with van der Waals surface area (Å²) in [5.74, 6) is 0. The first-order valence-electron chi connectivity index (χ1n) is 6.43. The normalized spacial score (nSPS) is 21.2. The van der Waals surface area contributed by atoms with E-state index in [0.29, 0.717) is 0 Å². The second-order valence-electron chi connectivity index (χ2n) is 4.55. The smallest absolute Gasteiger partial charge is 0.0597 e. The van der Waals surface area contributed by atoms with Gasteiger partial charge >= 0.3 is 0 Å². The van der Waals surface area contributed by atoms with E-state index in [1.165, 1.54) is 38.8 Å². The van der Waals surface area contributed by atoms with Crippen LogP contribution >= 0.6 is 0 Å². The molecule has 15 heavy (non-hydrogen) atoms. The molecule has 0 amide bonds. The van der Waals surface area contributed by atoms with Crippen LogP contribution in [-0.2, 0) is 0 Å². The van der Waals surface area contributed by atoms with Gasteiger partial charge in [-0.05, 0) is 38.9 Å². The molecule has 0 aromatic heterocycles. The van der Waals surface area contributed by atoms with E-state index < -0.39 is 0 Å². The summed E-state index contributed by atoms with van der Waals surface area (Å²) in [5.41, 5.74) is 0. The van der Waals surface area contributed by atoms with Gasteiger partial charge in [0.1, 0.15) is 0 Å². The molecule has 1 atom stereocenters. The Bertz CT molecular complexity index is 145. The molecule has 2 N–H and O–H groups in total. The molecule has 1 heterocycles. The number of nitrogens with zero attached hydrogens (tertiary/aromatic N) is 1. The largest absolute Gasteiger partial charge is 0.395 e. The number of rotatable bonds is 6. The van der Waals surface area contributed by atoms with Crippen LogP contribution < -0.4 is 5.32 Å². The Morgan fingerprint density at radius 3 is 2.40 bits per heavy atom. The predicted molar refractivity (Wildman–Crippen MR) is 64.1 cm³/mol. The highest BCUT2D eigenvalue weighted by atomic mass is 16.3. The van der Waals surface area contributed by atoms with Crippen molar-refractivity contribution in [2.24, 2.45) is 0 Å². The molecule has 90 valence electrons. The molecule has 0 radical (unpaired) electrons. The molecule has 0 aromatic rings. The minimum Gasteiger partial charge on any atom is -0.395 e. The van der Waals surface area contributed by atoms with Crippen molar-refractivity contribution in [2.45, 2.75) is 45.1 Å². The molecular weight excluding hydrogens is 188 g/mol. The number of hydrogen-bond donors (Lipinski definition) is 2. The molecule has 1 aliphatic rings. The van der Waals surface area contributed by atoms with Gasteiger partial charge in [0.15, 0.2) is 0 Å². The molecule has 0 aliphatic carbocycles. The summed E-state index contributed by atoms with van der Waals surface area (Å²) in [4.78, 5) is 2.50. The van der Waals surface area contributed by atoms with Crippen LogP contribution in [0, 0.1) is 0 Å². The number of nitrogens with one attached hydrogen (secondary N) is 1.